The first-order chi connectivity index (χ1) is 9.76. The lowest BCUT2D eigenvalue weighted by atomic mass is 10.2. The first-order valence-corrected chi connectivity index (χ1v) is 7.98. The second-order valence-electron chi connectivity index (χ2n) is 4.31. The zero-order valence-electron chi connectivity index (χ0n) is 11.1. The van der Waals surface area contributed by atoms with Crippen LogP contribution in [-0.2, 0) is 24.2 Å². The number of halogens is 1. The zero-order chi connectivity index (χ0) is 13.9. The number of hydrogen-bond donors (Lipinski definition) is 2. The van der Waals surface area contributed by atoms with Crippen LogP contribution in [0.4, 0.5) is 5.13 Å². The molecule has 21 heavy (non-hydrogen) atoms. The summed E-state index contributed by atoms with van der Waals surface area (Å²) in [6.07, 6.45) is 1.50. The van der Waals surface area contributed by atoms with Crippen molar-refractivity contribution >= 4 is 46.1 Å². The Kier molecular flexibility index (Phi) is 5.65. The Balaban J connectivity index is 0.00000161. The van der Waals surface area contributed by atoms with Crippen LogP contribution in [0.15, 0.2) is 5.38 Å². The molecule has 0 radical (unpaired) electrons. The number of ether oxygens (including phenoxy) is 1. The molecule has 0 fully saturated rings. The molecular formula is C12H15ClN4O2S2. The summed E-state index contributed by atoms with van der Waals surface area (Å²) in [6.45, 7) is 1.81. The molecule has 2 aromatic rings. The molecule has 0 aromatic carbocycles. The standard InChI is InChI=1S/C12H14N4O2S2.ClH/c13-3-1-10-14-8(6-19-10)11(17)16-12-15-7-2-4-18-5-9(7)20-12;/h6H,1-5,13H2,(H,15,16,17);1H. The molecule has 3 N–H and O–H groups in total. The van der Waals surface area contributed by atoms with Gasteiger partial charge >= 0.3 is 0 Å². The van der Waals surface area contributed by atoms with E-state index in [-0.39, 0.29) is 18.3 Å². The Labute approximate surface area is 136 Å². The summed E-state index contributed by atoms with van der Waals surface area (Å²) in [5.41, 5.74) is 6.92. The van der Waals surface area contributed by atoms with Crippen molar-refractivity contribution in [3.8, 4) is 0 Å². The maximum Gasteiger partial charge on any atom is 0.276 e. The fraction of sp³-hybridized carbons (Fsp3) is 0.417. The highest BCUT2D eigenvalue weighted by molar-refractivity contribution is 7.16. The summed E-state index contributed by atoms with van der Waals surface area (Å²) < 4.78 is 5.36. The summed E-state index contributed by atoms with van der Waals surface area (Å²) in [6, 6.07) is 0. The summed E-state index contributed by atoms with van der Waals surface area (Å²) in [5, 5.41) is 6.03. The van der Waals surface area contributed by atoms with Crippen LogP contribution in [0, 0.1) is 0 Å². The highest BCUT2D eigenvalue weighted by atomic mass is 35.5. The lowest BCUT2D eigenvalue weighted by molar-refractivity contribution is 0.102. The van der Waals surface area contributed by atoms with Crippen molar-refractivity contribution < 1.29 is 9.53 Å². The predicted octanol–water partition coefficient (Wildman–Crippen LogP) is 1.85. The normalized spacial score (nSPS) is 13.4. The van der Waals surface area contributed by atoms with Gasteiger partial charge in [0.15, 0.2) is 5.13 Å². The van der Waals surface area contributed by atoms with Gasteiger partial charge in [-0.15, -0.1) is 23.7 Å². The second kappa shape index (κ2) is 7.28. The molecule has 0 aliphatic carbocycles. The Morgan fingerprint density at radius 1 is 1.48 bits per heavy atom. The molecule has 1 aliphatic rings. The fourth-order valence-corrected chi connectivity index (χ4v) is 3.63. The van der Waals surface area contributed by atoms with Crippen molar-refractivity contribution in [2.75, 3.05) is 18.5 Å². The smallest absolute Gasteiger partial charge is 0.276 e. The van der Waals surface area contributed by atoms with E-state index in [2.05, 4.69) is 15.3 Å². The monoisotopic (exact) mass is 346 g/mol. The molecule has 1 aliphatic heterocycles. The number of rotatable bonds is 4. The highest BCUT2D eigenvalue weighted by Crippen LogP contribution is 2.27. The number of amides is 1. The maximum absolute atomic E-state index is 12.1. The SMILES string of the molecule is Cl.NCCc1nc(C(=O)Nc2nc3c(s2)COCC3)cs1. The molecule has 3 rings (SSSR count). The van der Waals surface area contributed by atoms with Gasteiger partial charge in [-0.1, -0.05) is 11.3 Å². The van der Waals surface area contributed by atoms with Gasteiger partial charge in [-0.2, -0.15) is 0 Å². The number of hydrogen-bond acceptors (Lipinski definition) is 7. The zero-order valence-corrected chi connectivity index (χ0v) is 13.6. The van der Waals surface area contributed by atoms with Crippen LogP contribution in [-0.4, -0.2) is 29.0 Å². The first-order valence-electron chi connectivity index (χ1n) is 6.28. The summed E-state index contributed by atoms with van der Waals surface area (Å²) >= 11 is 2.91. The van der Waals surface area contributed by atoms with Crippen LogP contribution < -0.4 is 11.1 Å². The summed E-state index contributed by atoms with van der Waals surface area (Å²) in [7, 11) is 0. The number of fused-ring (bicyclic) bond motifs is 1. The molecular weight excluding hydrogens is 332 g/mol. The van der Waals surface area contributed by atoms with Gasteiger partial charge < -0.3 is 10.5 Å². The third kappa shape index (κ3) is 3.78. The van der Waals surface area contributed by atoms with Crippen molar-refractivity contribution in [3.05, 3.63) is 26.7 Å². The van der Waals surface area contributed by atoms with Crippen LogP contribution >= 0.6 is 35.1 Å². The number of thiazole rings is 2. The summed E-state index contributed by atoms with van der Waals surface area (Å²) in [5.74, 6) is -0.225. The van der Waals surface area contributed by atoms with Gasteiger partial charge in [0.05, 0.1) is 28.8 Å². The molecule has 0 atom stereocenters. The molecule has 0 bridgehead atoms. The molecule has 114 valence electrons. The van der Waals surface area contributed by atoms with Crippen LogP contribution in [0.1, 0.15) is 26.1 Å². The van der Waals surface area contributed by atoms with Crippen molar-refractivity contribution in [2.24, 2.45) is 5.73 Å². The number of nitrogens with zero attached hydrogens (tertiary/aromatic N) is 2. The quantitative estimate of drug-likeness (QED) is 0.881. The van der Waals surface area contributed by atoms with E-state index in [1.54, 1.807) is 5.38 Å². The molecule has 0 spiro atoms. The predicted molar refractivity (Wildman–Crippen MR) is 85.5 cm³/mol. The Morgan fingerprint density at radius 2 is 2.33 bits per heavy atom. The third-order valence-electron chi connectivity index (χ3n) is 2.86. The number of nitrogens with one attached hydrogen (secondary N) is 1. The topological polar surface area (TPSA) is 90.1 Å². The minimum absolute atomic E-state index is 0. The lowest BCUT2D eigenvalue weighted by Crippen LogP contribution is -2.13. The molecule has 0 saturated heterocycles. The summed E-state index contributed by atoms with van der Waals surface area (Å²) in [4.78, 5) is 21.9. The van der Waals surface area contributed by atoms with Gasteiger partial charge in [0.2, 0.25) is 0 Å². The average Bonchev–Trinajstić information content (AvgIpc) is 3.04. The van der Waals surface area contributed by atoms with Gasteiger partial charge in [0, 0.05) is 18.2 Å². The maximum atomic E-state index is 12.1. The number of carbonyl (C=O) groups excluding carboxylic acids is 1. The van der Waals surface area contributed by atoms with E-state index in [0.717, 1.165) is 22.0 Å². The van der Waals surface area contributed by atoms with Crippen LogP contribution in [0.25, 0.3) is 0 Å². The van der Waals surface area contributed by atoms with Gasteiger partial charge in [0.1, 0.15) is 5.69 Å². The highest BCUT2D eigenvalue weighted by Gasteiger charge is 2.18. The molecule has 2 aromatic heterocycles. The van der Waals surface area contributed by atoms with Crippen molar-refractivity contribution in [3.63, 3.8) is 0 Å². The Bertz CT molecular complexity index is 605. The van der Waals surface area contributed by atoms with Crippen LogP contribution in [0.5, 0.6) is 0 Å². The first kappa shape index (κ1) is 16.3. The lowest BCUT2D eigenvalue weighted by Gasteiger charge is -2.08. The van der Waals surface area contributed by atoms with E-state index in [1.165, 1.54) is 22.7 Å². The van der Waals surface area contributed by atoms with Crippen LogP contribution in [0.3, 0.4) is 0 Å². The van der Waals surface area contributed by atoms with Crippen molar-refractivity contribution in [1.82, 2.24) is 9.97 Å². The van der Waals surface area contributed by atoms with E-state index in [1.807, 2.05) is 0 Å². The van der Waals surface area contributed by atoms with Crippen molar-refractivity contribution in [1.29, 1.82) is 0 Å². The molecule has 0 saturated carbocycles. The number of nitrogens with two attached hydrogens (primary N) is 1. The van der Waals surface area contributed by atoms with Crippen LogP contribution in [0.2, 0.25) is 0 Å². The van der Waals surface area contributed by atoms with Gasteiger partial charge in [-0.05, 0) is 6.54 Å². The number of aromatic nitrogens is 2. The minimum atomic E-state index is -0.225. The molecule has 0 unspecified atom stereocenters. The molecule has 3 heterocycles. The van der Waals surface area contributed by atoms with E-state index in [9.17, 15) is 4.79 Å². The van der Waals surface area contributed by atoms with Crippen molar-refractivity contribution in [2.45, 2.75) is 19.4 Å². The van der Waals surface area contributed by atoms with E-state index < -0.39 is 0 Å². The van der Waals surface area contributed by atoms with E-state index in [0.29, 0.717) is 37.0 Å². The number of anilines is 1. The Hall–Kier alpha value is -1.06. The minimum Gasteiger partial charge on any atom is -0.375 e. The second-order valence-corrected chi connectivity index (χ2v) is 6.34. The Morgan fingerprint density at radius 3 is 3.10 bits per heavy atom. The molecule has 6 nitrogen and oxygen atoms in total. The number of carbonyl (C=O) groups is 1. The van der Waals surface area contributed by atoms with E-state index >= 15 is 0 Å². The van der Waals surface area contributed by atoms with Gasteiger partial charge in [-0.3, -0.25) is 10.1 Å². The largest absolute Gasteiger partial charge is 0.375 e. The molecule has 1 amide bonds. The fourth-order valence-electron chi connectivity index (χ4n) is 1.89. The van der Waals surface area contributed by atoms with E-state index in [4.69, 9.17) is 10.5 Å². The average molecular weight is 347 g/mol. The van der Waals surface area contributed by atoms with Gasteiger partial charge in [0.25, 0.3) is 5.91 Å². The third-order valence-corrected chi connectivity index (χ3v) is 4.75. The van der Waals surface area contributed by atoms with Gasteiger partial charge in [-0.25, -0.2) is 9.97 Å². The molecule has 9 heteroatoms.